The van der Waals surface area contributed by atoms with Gasteiger partial charge in [-0.25, -0.2) is 4.79 Å². The smallest absolute Gasteiger partial charge is 0.331 e. The van der Waals surface area contributed by atoms with Crippen LogP contribution in [0.2, 0.25) is 0 Å². The van der Waals surface area contributed by atoms with Crippen molar-refractivity contribution in [2.24, 2.45) is 0 Å². The maximum Gasteiger partial charge on any atom is 0.331 e. The lowest BCUT2D eigenvalue weighted by molar-refractivity contribution is -0.148. The summed E-state index contributed by atoms with van der Waals surface area (Å²) in [5.74, 6) is -0.318. The monoisotopic (exact) mass is 454 g/mol. The van der Waals surface area contributed by atoms with Crippen molar-refractivity contribution in [3.63, 3.8) is 0 Å². The van der Waals surface area contributed by atoms with Gasteiger partial charge in [0.1, 0.15) is 0 Å². The van der Waals surface area contributed by atoms with Crippen LogP contribution in [-0.4, -0.2) is 56.6 Å². The molecule has 0 aliphatic heterocycles. The van der Waals surface area contributed by atoms with Crippen LogP contribution in [-0.2, 0) is 19.1 Å². The lowest BCUT2D eigenvalue weighted by Gasteiger charge is -2.21. The minimum absolute atomic E-state index is 0.125. The number of amides is 2. The molecule has 8 heteroatoms. The molecule has 0 saturated heterocycles. The number of hydrogen-bond donors (Lipinski definition) is 1. The van der Waals surface area contributed by atoms with Crippen LogP contribution in [0.5, 0.6) is 11.5 Å². The van der Waals surface area contributed by atoms with E-state index in [2.05, 4.69) is 5.32 Å². The van der Waals surface area contributed by atoms with Crippen molar-refractivity contribution in [1.29, 1.82) is 0 Å². The summed E-state index contributed by atoms with van der Waals surface area (Å²) in [6, 6.07) is 12.6. The van der Waals surface area contributed by atoms with Crippen molar-refractivity contribution in [3.05, 3.63) is 59.7 Å². The number of para-hydroxylation sites is 1. The van der Waals surface area contributed by atoms with E-state index in [0.29, 0.717) is 35.7 Å². The molecule has 0 heterocycles. The highest BCUT2D eigenvalue weighted by Gasteiger charge is 2.18. The zero-order valence-corrected chi connectivity index (χ0v) is 19.4. The second-order valence-electron chi connectivity index (χ2n) is 7.23. The Hall–Kier alpha value is -3.81. The first-order valence-electron chi connectivity index (χ1n) is 10.6. The van der Waals surface area contributed by atoms with E-state index >= 15 is 0 Å². The molecule has 0 aliphatic carbocycles. The van der Waals surface area contributed by atoms with E-state index in [-0.39, 0.29) is 12.5 Å². The van der Waals surface area contributed by atoms with Crippen LogP contribution in [0.4, 0.5) is 5.69 Å². The molecule has 1 N–H and O–H groups in total. The molecule has 0 saturated carbocycles. The molecular weight excluding hydrogens is 424 g/mol. The van der Waals surface area contributed by atoms with E-state index < -0.39 is 18.5 Å². The number of carbonyl (C=O) groups excluding carboxylic acids is 3. The number of methoxy groups -OCH3 is 2. The quantitative estimate of drug-likeness (QED) is 0.413. The Morgan fingerprint density at radius 3 is 2.42 bits per heavy atom. The van der Waals surface area contributed by atoms with Crippen LogP contribution in [0.15, 0.2) is 48.5 Å². The summed E-state index contributed by atoms with van der Waals surface area (Å²) in [5, 5.41) is 2.80. The van der Waals surface area contributed by atoms with Crippen LogP contribution in [0.1, 0.15) is 24.5 Å². The molecule has 0 aliphatic rings. The second kappa shape index (κ2) is 12.9. The molecule has 0 fully saturated rings. The van der Waals surface area contributed by atoms with Gasteiger partial charge >= 0.3 is 5.97 Å². The largest absolute Gasteiger partial charge is 0.493 e. The van der Waals surface area contributed by atoms with E-state index in [1.165, 1.54) is 25.2 Å². The summed E-state index contributed by atoms with van der Waals surface area (Å²) in [4.78, 5) is 38.4. The predicted octanol–water partition coefficient (Wildman–Crippen LogP) is 3.45. The number of nitrogens with one attached hydrogen (secondary N) is 1. The van der Waals surface area contributed by atoms with Crippen molar-refractivity contribution in [2.45, 2.75) is 20.3 Å². The number of hydrogen-bond acceptors (Lipinski definition) is 6. The normalized spacial score (nSPS) is 10.5. The van der Waals surface area contributed by atoms with E-state index in [9.17, 15) is 14.4 Å². The van der Waals surface area contributed by atoms with Crippen molar-refractivity contribution >= 4 is 29.5 Å². The van der Waals surface area contributed by atoms with Crippen molar-refractivity contribution < 1.29 is 28.6 Å². The Balaban J connectivity index is 1.90. The molecule has 0 atom stereocenters. The Bertz CT molecular complexity index is 1000. The molecule has 176 valence electrons. The zero-order chi connectivity index (χ0) is 24.2. The summed E-state index contributed by atoms with van der Waals surface area (Å²) in [7, 11) is 3.06. The van der Waals surface area contributed by atoms with Gasteiger partial charge in [0.25, 0.3) is 5.91 Å². The van der Waals surface area contributed by atoms with E-state index in [1.54, 1.807) is 30.3 Å². The minimum atomic E-state index is -0.668. The van der Waals surface area contributed by atoms with Crippen molar-refractivity contribution in [2.75, 3.05) is 39.2 Å². The Kier molecular flexibility index (Phi) is 9.95. The van der Waals surface area contributed by atoms with E-state index in [4.69, 9.17) is 14.2 Å². The maximum atomic E-state index is 12.5. The van der Waals surface area contributed by atoms with Crippen LogP contribution in [0, 0.1) is 6.92 Å². The molecular formula is C25H30N2O6. The number of rotatable bonds is 11. The lowest BCUT2D eigenvalue weighted by atomic mass is 10.2. The van der Waals surface area contributed by atoms with Gasteiger partial charge in [-0.1, -0.05) is 31.2 Å². The third-order valence-electron chi connectivity index (χ3n) is 4.76. The summed E-state index contributed by atoms with van der Waals surface area (Å²) in [6.45, 7) is 3.59. The van der Waals surface area contributed by atoms with Crippen LogP contribution < -0.4 is 14.8 Å². The molecule has 2 aromatic carbocycles. The number of aryl methyl sites for hydroxylation is 1. The van der Waals surface area contributed by atoms with Gasteiger partial charge in [-0.2, -0.15) is 0 Å². The van der Waals surface area contributed by atoms with Gasteiger partial charge in [-0.15, -0.1) is 0 Å². The predicted molar refractivity (Wildman–Crippen MR) is 126 cm³/mol. The van der Waals surface area contributed by atoms with Gasteiger partial charge in [0, 0.05) is 18.3 Å². The third-order valence-corrected chi connectivity index (χ3v) is 4.76. The van der Waals surface area contributed by atoms with Gasteiger partial charge in [-0.05, 0) is 48.7 Å². The molecule has 0 aromatic heterocycles. The average molecular weight is 455 g/mol. The van der Waals surface area contributed by atoms with Crippen LogP contribution in [0.3, 0.4) is 0 Å². The number of carbonyl (C=O) groups is 3. The number of benzene rings is 2. The highest BCUT2D eigenvalue weighted by molar-refractivity contribution is 5.95. The molecule has 2 amide bonds. The summed E-state index contributed by atoms with van der Waals surface area (Å²) < 4.78 is 15.5. The third kappa shape index (κ3) is 7.99. The first kappa shape index (κ1) is 25.5. The first-order chi connectivity index (χ1) is 15.9. The SMILES string of the molecule is CCCN(CC(=O)Nc1ccccc1C)C(=O)COC(=O)/C=C/c1ccc(OC)c(OC)c1. The lowest BCUT2D eigenvalue weighted by Crippen LogP contribution is -2.40. The molecule has 33 heavy (non-hydrogen) atoms. The average Bonchev–Trinajstić information content (AvgIpc) is 2.82. The molecule has 0 spiro atoms. The zero-order valence-electron chi connectivity index (χ0n) is 19.4. The maximum absolute atomic E-state index is 12.5. The molecule has 0 radical (unpaired) electrons. The Labute approximate surface area is 194 Å². The fraction of sp³-hybridized carbons (Fsp3) is 0.320. The molecule has 8 nitrogen and oxygen atoms in total. The van der Waals surface area contributed by atoms with Crippen LogP contribution >= 0.6 is 0 Å². The Morgan fingerprint density at radius 2 is 1.76 bits per heavy atom. The van der Waals surface area contributed by atoms with Gasteiger partial charge < -0.3 is 24.4 Å². The topological polar surface area (TPSA) is 94.2 Å². The number of esters is 1. The minimum Gasteiger partial charge on any atom is -0.493 e. The van der Waals surface area contributed by atoms with Gasteiger partial charge in [-0.3, -0.25) is 9.59 Å². The molecule has 0 unspecified atom stereocenters. The molecule has 2 rings (SSSR count). The highest BCUT2D eigenvalue weighted by atomic mass is 16.5. The standard InChI is InChI=1S/C25H30N2O6/c1-5-14-27(16-23(28)26-20-9-7-6-8-18(20)2)24(29)17-33-25(30)13-11-19-10-12-21(31-3)22(15-19)32-4/h6-13,15H,5,14,16-17H2,1-4H3,(H,26,28)/b13-11+. The van der Waals surface area contributed by atoms with E-state index in [0.717, 1.165) is 5.56 Å². The molecule has 2 aromatic rings. The highest BCUT2D eigenvalue weighted by Crippen LogP contribution is 2.27. The van der Waals surface area contributed by atoms with Gasteiger partial charge in [0.15, 0.2) is 18.1 Å². The van der Waals surface area contributed by atoms with Crippen LogP contribution in [0.25, 0.3) is 6.08 Å². The number of ether oxygens (including phenoxy) is 3. The molecule has 0 bridgehead atoms. The fourth-order valence-corrected chi connectivity index (χ4v) is 3.03. The summed E-state index contributed by atoms with van der Waals surface area (Å²) in [5.41, 5.74) is 2.32. The van der Waals surface area contributed by atoms with Crippen molar-refractivity contribution in [1.82, 2.24) is 4.90 Å². The van der Waals surface area contributed by atoms with Gasteiger partial charge in [0.05, 0.1) is 20.8 Å². The summed E-state index contributed by atoms with van der Waals surface area (Å²) >= 11 is 0. The fourth-order valence-electron chi connectivity index (χ4n) is 3.03. The second-order valence-corrected chi connectivity index (χ2v) is 7.23. The summed E-state index contributed by atoms with van der Waals surface area (Å²) in [6.07, 6.45) is 3.44. The first-order valence-corrected chi connectivity index (χ1v) is 10.6. The van der Waals surface area contributed by atoms with Gasteiger partial charge in [0.2, 0.25) is 5.91 Å². The van der Waals surface area contributed by atoms with Crippen molar-refractivity contribution in [3.8, 4) is 11.5 Å². The van der Waals surface area contributed by atoms with E-state index in [1.807, 2.05) is 32.0 Å². The number of nitrogens with zero attached hydrogens (tertiary/aromatic N) is 1. The number of anilines is 1. The Morgan fingerprint density at radius 1 is 1.03 bits per heavy atom.